The lowest BCUT2D eigenvalue weighted by Crippen LogP contribution is -2.52. The molecule has 1 aromatic rings. The third kappa shape index (κ3) is 2.79. The van der Waals surface area contributed by atoms with Gasteiger partial charge in [0.25, 0.3) is 0 Å². The average Bonchev–Trinajstić information content (AvgIpc) is 2.53. The normalized spacial score (nSPS) is 24.5. The van der Waals surface area contributed by atoms with Crippen LogP contribution in [-0.4, -0.2) is 42.4 Å². The number of rotatable bonds is 2. The van der Waals surface area contributed by atoms with Crippen molar-refractivity contribution in [2.24, 2.45) is 11.7 Å². The van der Waals surface area contributed by atoms with Gasteiger partial charge in [0.05, 0.1) is 17.3 Å². The van der Waals surface area contributed by atoms with Gasteiger partial charge in [-0.15, -0.1) is 0 Å². The highest BCUT2D eigenvalue weighted by Crippen LogP contribution is 2.26. The van der Waals surface area contributed by atoms with Crippen LogP contribution < -0.4 is 16.4 Å². The smallest absolute Gasteiger partial charge is 0.246 e. The first kappa shape index (κ1) is 13.7. The predicted octanol–water partition coefficient (Wildman–Crippen LogP) is 0.616. The number of nitrogens with one attached hydrogen (secondary N) is 2. The zero-order valence-electron chi connectivity index (χ0n) is 11.8. The van der Waals surface area contributed by atoms with Crippen molar-refractivity contribution < 1.29 is 9.59 Å². The number of likely N-dealkylation sites (tertiary alicyclic amines) is 1. The van der Waals surface area contributed by atoms with Crippen molar-refractivity contribution in [3.8, 4) is 0 Å². The van der Waals surface area contributed by atoms with Crippen molar-refractivity contribution in [1.29, 1.82) is 0 Å². The first-order valence-electron chi connectivity index (χ1n) is 7.32. The van der Waals surface area contributed by atoms with E-state index in [1.54, 1.807) is 4.90 Å². The Morgan fingerprint density at radius 1 is 1.24 bits per heavy atom. The summed E-state index contributed by atoms with van der Waals surface area (Å²) in [6.45, 7) is 1.68. The quantitative estimate of drug-likeness (QED) is 0.744. The number of nitrogens with zero attached hydrogens (tertiary/aromatic N) is 1. The SMILES string of the molecule is NC(=O)C1CCCN(C(=O)C2CNc3ccccc3N2)C1. The molecule has 0 radical (unpaired) electrons. The molecule has 2 aliphatic heterocycles. The number of para-hydroxylation sites is 2. The first-order valence-corrected chi connectivity index (χ1v) is 7.32. The van der Waals surface area contributed by atoms with Crippen molar-refractivity contribution >= 4 is 23.2 Å². The molecule has 4 N–H and O–H groups in total. The average molecular weight is 288 g/mol. The highest BCUT2D eigenvalue weighted by molar-refractivity contribution is 5.89. The minimum Gasteiger partial charge on any atom is -0.381 e. The van der Waals surface area contributed by atoms with Gasteiger partial charge in [-0.25, -0.2) is 0 Å². The van der Waals surface area contributed by atoms with E-state index >= 15 is 0 Å². The summed E-state index contributed by atoms with van der Waals surface area (Å²) in [5.74, 6) is -0.498. The fraction of sp³-hybridized carbons (Fsp3) is 0.467. The molecule has 0 spiro atoms. The van der Waals surface area contributed by atoms with E-state index < -0.39 is 0 Å². The van der Waals surface area contributed by atoms with Crippen LogP contribution in [0.3, 0.4) is 0 Å². The Bertz CT molecular complexity index is 560. The van der Waals surface area contributed by atoms with Gasteiger partial charge < -0.3 is 21.3 Å². The van der Waals surface area contributed by atoms with Gasteiger partial charge in [-0.3, -0.25) is 9.59 Å². The van der Waals surface area contributed by atoms with Crippen LogP contribution in [0.5, 0.6) is 0 Å². The van der Waals surface area contributed by atoms with Crippen LogP contribution in [0.25, 0.3) is 0 Å². The minimum atomic E-state index is -0.312. The Kier molecular flexibility index (Phi) is 3.68. The van der Waals surface area contributed by atoms with Gasteiger partial charge in [0.1, 0.15) is 6.04 Å². The number of carbonyl (C=O) groups excluding carboxylic acids is 2. The summed E-state index contributed by atoms with van der Waals surface area (Å²) in [5, 5.41) is 6.53. The van der Waals surface area contributed by atoms with Crippen LogP contribution in [-0.2, 0) is 9.59 Å². The minimum absolute atomic E-state index is 0.0305. The molecule has 0 aliphatic carbocycles. The molecule has 0 aromatic heterocycles. The number of primary amides is 1. The van der Waals surface area contributed by atoms with Crippen LogP contribution >= 0.6 is 0 Å². The summed E-state index contributed by atoms with van der Waals surface area (Å²) in [6.07, 6.45) is 1.61. The van der Waals surface area contributed by atoms with Crippen LogP contribution in [0.15, 0.2) is 24.3 Å². The van der Waals surface area contributed by atoms with Crippen molar-refractivity contribution in [1.82, 2.24) is 4.90 Å². The van der Waals surface area contributed by atoms with Gasteiger partial charge in [0, 0.05) is 19.6 Å². The van der Waals surface area contributed by atoms with E-state index in [1.165, 1.54) is 0 Å². The predicted molar refractivity (Wildman–Crippen MR) is 80.8 cm³/mol. The lowest BCUT2D eigenvalue weighted by molar-refractivity contribution is -0.135. The van der Waals surface area contributed by atoms with Crippen LogP contribution in [0.4, 0.5) is 11.4 Å². The van der Waals surface area contributed by atoms with Crippen LogP contribution in [0.2, 0.25) is 0 Å². The summed E-state index contributed by atoms with van der Waals surface area (Å²) in [6, 6.07) is 7.52. The lowest BCUT2D eigenvalue weighted by Gasteiger charge is -2.36. The van der Waals surface area contributed by atoms with E-state index in [4.69, 9.17) is 5.73 Å². The number of hydrogen-bond donors (Lipinski definition) is 3. The highest BCUT2D eigenvalue weighted by Gasteiger charge is 2.32. The van der Waals surface area contributed by atoms with Gasteiger partial charge in [-0.2, -0.15) is 0 Å². The second-order valence-corrected chi connectivity index (χ2v) is 5.65. The number of amides is 2. The summed E-state index contributed by atoms with van der Waals surface area (Å²) >= 11 is 0. The number of hydrogen-bond acceptors (Lipinski definition) is 4. The molecule has 21 heavy (non-hydrogen) atoms. The summed E-state index contributed by atoms with van der Waals surface area (Å²) in [4.78, 5) is 25.7. The Morgan fingerprint density at radius 2 is 2.00 bits per heavy atom. The van der Waals surface area contributed by atoms with E-state index in [0.29, 0.717) is 19.6 Å². The van der Waals surface area contributed by atoms with Gasteiger partial charge in [-0.1, -0.05) is 12.1 Å². The van der Waals surface area contributed by atoms with E-state index in [0.717, 1.165) is 24.2 Å². The number of piperidine rings is 1. The Balaban J connectivity index is 1.67. The summed E-state index contributed by atoms with van der Waals surface area (Å²) in [5.41, 5.74) is 7.31. The van der Waals surface area contributed by atoms with Crippen LogP contribution in [0.1, 0.15) is 12.8 Å². The second-order valence-electron chi connectivity index (χ2n) is 5.65. The standard InChI is InChI=1S/C15H20N4O2/c16-14(20)10-4-3-7-19(9-10)15(21)13-8-17-11-5-1-2-6-12(11)18-13/h1-2,5-6,10,13,17-18H,3-4,7-9H2,(H2,16,20). The Labute approximate surface area is 123 Å². The molecule has 2 atom stereocenters. The number of benzene rings is 1. The lowest BCUT2D eigenvalue weighted by atomic mass is 9.96. The molecule has 2 unspecified atom stereocenters. The third-order valence-electron chi connectivity index (χ3n) is 4.19. The molecule has 1 fully saturated rings. The first-order chi connectivity index (χ1) is 10.1. The van der Waals surface area contributed by atoms with Crippen molar-refractivity contribution in [2.45, 2.75) is 18.9 Å². The molecule has 2 aliphatic rings. The van der Waals surface area contributed by atoms with Crippen molar-refractivity contribution in [3.63, 3.8) is 0 Å². The van der Waals surface area contributed by atoms with Crippen LogP contribution in [0, 0.1) is 5.92 Å². The number of fused-ring (bicyclic) bond motifs is 1. The van der Waals surface area contributed by atoms with E-state index in [1.807, 2.05) is 24.3 Å². The third-order valence-corrected chi connectivity index (χ3v) is 4.19. The molecule has 3 rings (SSSR count). The fourth-order valence-corrected chi connectivity index (χ4v) is 2.99. The molecular weight excluding hydrogens is 268 g/mol. The van der Waals surface area contributed by atoms with Gasteiger partial charge >= 0.3 is 0 Å². The maximum Gasteiger partial charge on any atom is 0.246 e. The molecule has 0 saturated carbocycles. The van der Waals surface area contributed by atoms with E-state index in [9.17, 15) is 9.59 Å². The number of nitrogens with two attached hydrogens (primary N) is 1. The number of carbonyl (C=O) groups is 2. The Hall–Kier alpha value is -2.24. The summed E-state index contributed by atoms with van der Waals surface area (Å²) in [7, 11) is 0. The fourth-order valence-electron chi connectivity index (χ4n) is 2.99. The van der Waals surface area contributed by atoms with Gasteiger partial charge in [0.15, 0.2) is 0 Å². The molecule has 6 nitrogen and oxygen atoms in total. The maximum absolute atomic E-state index is 12.6. The molecule has 2 heterocycles. The van der Waals surface area contributed by atoms with Gasteiger partial charge in [-0.05, 0) is 25.0 Å². The molecule has 6 heteroatoms. The summed E-state index contributed by atoms with van der Waals surface area (Å²) < 4.78 is 0. The highest BCUT2D eigenvalue weighted by atomic mass is 16.2. The number of anilines is 2. The Morgan fingerprint density at radius 3 is 2.76 bits per heavy atom. The molecule has 1 saturated heterocycles. The molecule has 112 valence electrons. The van der Waals surface area contributed by atoms with E-state index in [2.05, 4.69) is 10.6 Å². The topological polar surface area (TPSA) is 87.5 Å². The van der Waals surface area contributed by atoms with Crippen molar-refractivity contribution in [2.75, 3.05) is 30.3 Å². The molecule has 0 bridgehead atoms. The second kappa shape index (κ2) is 5.63. The molecular formula is C15H20N4O2. The van der Waals surface area contributed by atoms with E-state index in [-0.39, 0.29) is 23.8 Å². The molecule has 1 aromatic carbocycles. The largest absolute Gasteiger partial charge is 0.381 e. The monoisotopic (exact) mass is 288 g/mol. The van der Waals surface area contributed by atoms with Gasteiger partial charge in [0.2, 0.25) is 11.8 Å². The molecule has 2 amide bonds. The van der Waals surface area contributed by atoms with Crippen molar-refractivity contribution in [3.05, 3.63) is 24.3 Å². The maximum atomic E-state index is 12.6. The zero-order chi connectivity index (χ0) is 14.8. The zero-order valence-corrected chi connectivity index (χ0v) is 11.8.